The van der Waals surface area contributed by atoms with Crippen molar-refractivity contribution in [1.29, 1.82) is 0 Å². The van der Waals surface area contributed by atoms with E-state index >= 15 is 0 Å². The second-order valence-corrected chi connectivity index (χ2v) is 7.09. The Balaban J connectivity index is 1.54. The number of hydrogen-bond donors (Lipinski definition) is 2. The lowest BCUT2D eigenvalue weighted by Gasteiger charge is -2.10. The molecule has 0 spiro atoms. The molecule has 0 bridgehead atoms. The van der Waals surface area contributed by atoms with Gasteiger partial charge in [-0.25, -0.2) is 4.98 Å². The monoisotopic (exact) mass is 378 g/mol. The lowest BCUT2D eigenvalue weighted by Crippen LogP contribution is -2.27. The van der Waals surface area contributed by atoms with E-state index in [1.165, 1.54) is 0 Å². The van der Waals surface area contributed by atoms with Crippen molar-refractivity contribution in [3.05, 3.63) is 64.6 Å². The molecule has 2 aromatic heterocycles. The lowest BCUT2D eigenvalue weighted by atomic mass is 10.1. The van der Waals surface area contributed by atoms with Crippen molar-refractivity contribution in [3.8, 4) is 0 Å². The van der Waals surface area contributed by atoms with Gasteiger partial charge >= 0.3 is 0 Å². The molecule has 1 aromatic carbocycles. The average molecular weight is 378 g/mol. The summed E-state index contributed by atoms with van der Waals surface area (Å²) in [5.74, 6) is -0.227. The minimum Gasteiger partial charge on any atom is -0.351 e. The zero-order chi connectivity index (χ0) is 20.3. The van der Waals surface area contributed by atoms with Crippen LogP contribution in [0.4, 0.5) is 5.69 Å². The predicted molar refractivity (Wildman–Crippen MR) is 111 cm³/mol. The molecule has 6 heteroatoms. The van der Waals surface area contributed by atoms with E-state index in [1.54, 1.807) is 0 Å². The Morgan fingerprint density at radius 2 is 1.79 bits per heavy atom. The topological polar surface area (TPSA) is 75.5 Å². The second-order valence-electron chi connectivity index (χ2n) is 7.09. The second kappa shape index (κ2) is 8.25. The number of hydrogen-bond acceptors (Lipinski definition) is 3. The van der Waals surface area contributed by atoms with E-state index in [9.17, 15) is 9.59 Å². The Kier molecular flexibility index (Phi) is 5.78. The van der Waals surface area contributed by atoms with Crippen LogP contribution in [-0.2, 0) is 4.79 Å². The fourth-order valence-electron chi connectivity index (χ4n) is 3.22. The molecule has 146 valence electrons. The van der Waals surface area contributed by atoms with Crippen molar-refractivity contribution in [2.24, 2.45) is 0 Å². The number of carbonyl (C=O) groups is 2. The van der Waals surface area contributed by atoms with Crippen molar-refractivity contribution in [2.45, 2.75) is 40.5 Å². The van der Waals surface area contributed by atoms with Gasteiger partial charge in [0.25, 0.3) is 5.91 Å². The van der Waals surface area contributed by atoms with Crippen LogP contribution in [0.5, 0.6) is 0 Å². The molecule has 0 aliphatic heterocycles. The molecule has 28 heavy (non-hydrogen) atoms. The van der Waals surface area contributed by atoms with Crippen molar-refractivity contribution in [1.82, 2.24) is 14.7 Å². The summed E-state index contributed by atoms with van der Waals surface area (Å²) in [6, 6.07) is 9.72. The number of carbonyl (C=O) groups excluding carboxylic acids is 2. The van der Waals surface area contributed by atoms with E-state index in [1.807, 2.05) is 68.6 Å². The Labute approximate surface area is 165 Å². The number of amides is 2. The number of benzene rings is 1. The van der Waals surface area contributed by atoms with Crippen molar-refractivity contribution < 1.29 is 9.59 Å². The molecule has 0 saturated heterocycles. The van der Waals surface area contributed by atoms with Gasteiger partial charge in [0.15, 0.2) is 0 Å². The van der Waals surface area contributed by atoms with E-state index in [0.29, 0.717) is 30.8 Å². The first-order valence-electron chi connectivity index (χ1n) is 9.47. The SMILES string of the molecule is Cc1cccc(NC(=O)CCCNC(=O)c2c(C)nc3c(C)cccn23)c1C. The quantitative estimate of drug-likeness (QED) is 0.642. The van der Waals surface area contributed by atoms with Crippen LogP contribution in [0.1, 0.15) is 45.7 Å². The van der Waals surface area contributed by atoms with E-state index in [2.05, 4.69) is 15.6 Å². The maximum Gasteiger partial charge on any atom is 0.270 e. The van der Waals surface area contributed by atoms with Crippen LogP contribution in [0.3, 0.4) is 0 Å². The number of pyridine rings is 1. The third-order valence-corrected chi connectivity index (χ3v) is 4.98. The van der Waals surface area contributed by atoms with Gasteiger partial charge < -0.3 is 10.6 Å². The highest BCUT2D eigenvalue weighted by molar-refractivity contribution is 5.95. The van der Waals surface area contributed by atoms with Gasteiger partial charge in [0.05, 0.1) is 5.69 Å². The van der Waals surface area contributed by atoms with E-state index < -0.39 is 0 Å². The molecule has 3 rings (SSSR count). The van der Waals surface area contributed by atoms with Crippen molar-refractivity contribution >= 4 is 23.1 Å². The third kappa shape index (κ3) is 4.06. The molecule has 0 aliphatic carbocycles. The third-order valence-electron chi connectivity index (χ3n) is 4.98. The van der Waals surface area contributed by atoms with Gasteiger partial charge in [0, 0.05) is 24.8 Å². The molecule has 0 saturated carbocycles. The van der Waals surface area contributed by atoms with Gasteiger partial charge in [-0.3, -0.25) is 14.0 Å². The number of aryl methyl sites for hydroxylation is 3. The number of rotatable bonds is 6. The van der Waals surface area contributed by atoms with Crippen molar-refractivity contribution in [3.63, 3.8) is 0 Å². The summed E-state index contributed by atoms with van der Waals surface area (Å²) >= 11 is 0. The Morgan fingerprint density at radius 1 is 1.04 bits per heavy atom. The van der Waals surface area contributed by atoms with E-state index in [-0.39, 0.29) is 11.8 Å². The first kappa shape index (κ1) is 19.6. The average Bonchev–Trinajstić information content (AvgIpc) is 3.00. The summed E-state index contributed by atoms with van der Waals surface area (Å²) in [5, 5.41) is 5.84. The van der Waals surface area contributed by atoms with Crippen LogP contribution in [0.2, 0.25) is 0 Å². The molecule has 0 fully saturated rings. The van der Waals surface area contributed by atoms with E-state index in [0.717, 1.165) is 28.0 Å². The molecular formula is C22H26N4O2. The summed E-state index contributed by atoms with van der Waals surface area (Å²) in [7, 11) is 0. The molecular weight excluding hydrogens is 352 g/mol. The summed E-state index contributed by atoms with van der Waals surface area (Å²) in [6.45, 7) is 8.24. The fraction of sp³-hybridized carbons (Fsp3) is 0.318. The summed E-state index contributed by atoms with van der Waals surface area (Å²) in [4.78, 5) is 29.3. The Bertz CT molecular complexity index is 1040. The highest BCUT2D eigenvalue weighted by Crippen LogP contribution is 2.18. The first-order chi connectivity index (χ1) is 13.4. The zero-order valence-corrected chi connectivity index (χ0v) is 16.8. The maximum atomic E-state index is 12.6. The Morgan fingerprint density at radius 3 is 2.57 bits per heavy atom. The first-order valence-corrected chi connectivity index (χ1v) is 9.47. The van der Waals surface area contributed by atoms with Crippen molar-refractivity contribution in [2.75, 3.05) is 11.9 Å². The molecule has 0 atom stereocenters. The standard InChI is InChI=1S/C22H26N4O2/c1-14-8-5-10-18(16(14)3)25-19(27)11-6-12-23-22(28)20-17(4)24-21-15(2)9-7-13-26(20)21/h5,7-10,13H,6,11-12H2,1-4H3,(H,23,28)(H,25,27). The number of anilines is 1. The van der Waals surface area contributed by atoms with Gasteiger partial charge in [-0.05, 0) is 62.9 Å². The van der Waals surface area contributed by atoms with E-state index in [4.69, 9.17) is 0 Å². The van der Waals surface area contributed by atoms with Crippen LogP contribution >= 0.6 is 0 Å². The molecule has 6 nitrogen and oxygen atoms in total. The minimum absolute atomic E-state index is 0.0513. The normalized spacial score (nSPS) is 10.9. The van der Waals surface area contributed by atoms with Gasteiger partial charge in [0.1, 0.15) is 11.3 Å². The number of aromatic nitrogens is 2. The van der Waals surface area contributed by atoms with Gasteiger partial charge in [-0.1, -0.05) is 18.2 Å². The van der Waals surface area contributed by atoms with Gasteiger partial charge in [0.2, 0.25) is 5.91 Å². The minimum atomic E-state index is -0.175. The maximum absolute atomic E-state index is 12.6. The van der Waals surface area contributed by atoms with Crippen LogP contribution in [0, 0.1) is 27.7 Å². The smallest absolute Gasteiger partial charge is 0.270 e. The molecule has 2 N–H and O–H groups in total. The van der Waals surface area contributed by atoms with Crippen LogP contribution in [0.15, 0.2) is 36.5 Å². The highest BCUT2D eigenvalue weighted by Gasteiger charge is 2.17. The van der Waals surface area contributed by atoms with Crippen LogP contribution < -0.4 is 10.6 Å². The van der Waals surface area contributed by atoms with Gasteiger partial charge in [-0.2, -0.15) is 0 Å². The van der Waals surface area contributed by atoms with Crippen LogP contribution in [0.25, 0.3) is 5.65 Å². The Hall–Kier alpha value is -3.15. The predicted octanol–water partition coefficient (Wildman–Crippen LogP) is 3.72. The zero-order valence-electron chi connectivity index (χ0n) is 16.8. The molecule has 2 heterocycles. The largest absolute Gasteiger partial charge is 0.351 e. The molecule has 0 radical (unpaired) electrons. The number of imidazole rings is 1. The molecule has 3 aromatic rings. The molecule has 0 unspecified atom stereocenters. The number of nitrogens with one attached hydrogen (secondary N) is 2. The number of fused-ring (bicyclic) bond motifs is 1. The highest BCUT2D eigenvalue weighted by atomic mass is 16.2. The number of nitrogens with zero attached hydrogens (tertiary/aromatic N) is 2. The molecule has 0 aliphatic rings. The van der Waals surface area contributed by atoms with Gasteiger partial charge in [-0.15, -0.1) is 0 Å². The molecule has 2 amide bonds. The lowest BCUT2D eigenvalue weighted by molar-refractivity contribution is -0.116. The van der Waals surface area contributed by atoms with Crippen LogP contribution in [-0.4, -0.2) is 27.7 Å². The summed E-state index contributed by atoms with van der Waals surface area (Å²) in [5.41, 5.74) is 6.10. The summed E-state index contributed by atoms with van der Waals surface area (Å²) in [6.07, 6.45) is 2.75. The fourth-order valence-corrected chi connectivity index (χ4v) is 3.22. The summed E-state index contributed by atoms with van der Waals surface area (Å²) < 4.78 is 1.81.